The molecular weight excluding hydrogens is 270 g/mol. The van der Waals surface area contributed by atoms with E-state index in [-0.39, 0.29) is 5.41 Å². The van der Waals surface area contributed by atoms with E-state index in [9.17, 15) is 0 Å². The second-order valence-corrected chi connectivity index (χ2v) is 7.25. The summed E-state index contributed by atoms with van der Waals surface area (Å²) < 4.78 is 5.93. The van der Waals surface area contributed by atoms with Crippen molar-refractivity contribution in [1.82, 2.24) is 9.80 Å². The predicted octanol–water partition coefficient (Wildman–Crippen LogP) is 1.48. The number of rotatable bonds is 4. The van der Waals surface area contributed by atoms with E-state index in [1.165, 1.54) is 0 Å². The summed E-state index contributed by atoms with van der Waals surface area (Å²) in [6.07, 6.45) is 2.49. The molecule has 0 aromatic carbocycles. The number of hydrogen-bond donors (Lipinski definition) is 1. The average Bonchev–Trinajstić information content (AvgIpc) is 2.42. The van der Waals surface area contributed by atoms with Crippen molar-refractivity contribution < 1.29 is 4.74 Å². The predicted molar refractivity (Wildman–Crippen MR) is 87.0 cm³/mol. The van der Waals surface area contributed by atoms with Crippen molar-refractivity contribution in [2.75, 3.05) is 39.3 Å². The zero-order valence-electron chi connectivity index (χ0n) is 13.1. The molecule has 0 aromatic rings. The molecule has 2 aliphatic rings. The highest BCUT2D eigenvalue weighted by Gasteiger charge is 2.34. The van der Waals surface area contributed by atoms with Gasteiger partial charge in [-0.25, -0.2) is 0 Å². The first kappa shape index (κ1) is 16.1. The Morgan fingerprint density at radius 2 is 2.00 bits per heavy atom. The second-order valence-electron chi connectivity index (χ2n) is 6.81. The molecule has 2 rings (SSSR count). The van der Waals surface area contributed by atoms with Crippen molar-refractivity contribution in [3.05, 3.63) is 0 Å². The highest BCUT2D eigenvalue weighted by atomic mass is 32.1. The smallest absolute Gasteiger partial charge is 0.0829 e. The molecule has 0 spiro atoms. The minimum absolute atomic E-state index is 0.0588. The number of ether oxygens (including phenoxy) is 1. The SMILES string of the molecule is CC(C)N1CCOC(CN2CCC(C)(C(N)=S)CC2)C1. The molecule has 4 nitrogen and oxygen atoms in total. The Bertz CT molecular complexity index is 340. The Kier molecular flexibility index (Phi) is 5.40. The van der Waals surface area contributed by atoms with Crippen molar-refractivity contribution >= 4 is 17.2 Å². The third-order valence-electron chi connectivity index (χ3n) is 4.92. The molecule has 2 saturated heterocycles. The standard InChI is InChI=1S/C15H29N3OS/c1-12(2)18-8-9-19-13(11-18)10-17-6-4-15(3,5-7-17)14(16)20/h12-13H,4-11H2,1-3H3,(H2,16,20). The van der Waals surface area contributed by atoms with Gasteiger partial charge >= 0.3 is 0 Å². The highest BCUT2D eigenvalue weighted by molar-refractivity contribution is 7.80. The van der Waals surface area contributed by atoms with Crippen LogP contribution in [0.3, 0.4) is 0 Å². The van der Waals surface area contributed by atoms with E-state index < -0.39 is 0 Å². The Hall–Kier alpha value is -0.230. The van der Waals surface area contributed by atoms with Crippen LogP contribution in [0.1, 0.15) is 33.6 Å². The lowest BCUT2D eigenvalue weighted by atomic mass is 9.80. The molecule has 2 aliphatic heterocycles. The monoisotopic (exact) mass is 299 g/mol. The van der Waals surface area contributed by atoms with Gasteiger partial charge in [-0.15, -0.1) is 0 Å². The zero-order chi connectivity index (χ0) is 14.8. The Labute approximate surface area is 128 Å². The molecule has 1 unspecified atom stereocenters. The Balaban J connectivity index is 1.79. The van der Waals surface area contributed by atoms with Gasteiger partial charge in [0.1, 0.15) is 0 Å². The molecule has 0 aromatic heterocycles. The van der Waals surface area contributed by atoms with E-state index in [0.29, 0.717) is 17.1 Å². The topological polar surface area (TPSA) is 41.7 Å². The first-order valence-corrected chi connectivity index (χ1v) is 8.19. The molecule has 5 heteroatoms. The summed E-state index contributed by atoms with van der Waals surface area (Å²) in [5, 5.41) is 0. The van der Waals surface area contributed by atoms with Gasteiger partial charge in [0.15, 0.2) is 0 Å². The zero-order valence-corrected chi connectivity index (χ0v) is 13.9. The van der Waals surface area contributed by atoms with Gasteiger partial charge in [0.25, 0.3) is 0 Å². The van der Waals surface area contributed by atoms with Gasteiger partial charge in [0.05, 0.1) is 17.7 Å². The number of piperidine rings is 1. The Morgan fingerprint density at radius 3 is 2.55 bits per heavy atom. The fraction of sp³-hybridized carbons (Fsp3) is 0.933. The minimum Gasteiger partial charge on any atom is -0.393 e. The highest BCUT2D eigenvalue weighted by Crippen LogP contribution is 2.31. The Morgan fingerprint density at radius 1 is 1.35 bits per heavy atom. The molecule has 0 saturated carbocycles. The molecule has 116 valence electrons. The van der Waals surface area contributed by atoms with Crippen LogP contribution in [0.4, 0.5) is 0 Å². The van der Waals surface area contributed by atoms with Gasteiger partial charge in [-0.1, -0.05) is 19.1 Å². The molecule has 2 N–H and O–H groups in total. The molecule has 20 heavy (non-hydrogen) atoms. The lowest BCUT2D eigenvalue weighted by Gasteiger charge is -2.42. The fourth-order valence-electron chi connectivity index (χ4n) is 3.09. The third-order valence-corrected chi connectivity index (χ3v) is 5.41. The van der Waals surface area contributed by atoms with Gasteiger partial charge in [-0.3, -0.25) is 4.90 Å². The van der Waals surface area contributed by atoms with Crippen LogP contribution in [0.25, 0.3) is 0 Å². The van der Waals surface area contributed by atoms with Crippen molar-refractivity contribution in [3.8, 4) is 0 Å². The fourth-order valence-corrected chi connectivity index (χ4v) is 3.29. The largest absolute Gasteiger partial charge is 0.393 e. The molecular formula is C15H29N3OS. The van der Waals surface area contributed by atoms with Crippen LogP contribution in [0.15, 0.2) is 0 Å². The molecule has 2 fully saturated rings. The quantitative estimate of drug-likeness (QED) is 0.797. The number of morpholine rings is 1. The first-order valence-electron chi connectivity index (χ1n) is 7.78. The van der Waals surface area contributed by atoms with Gasteiger partial charge in [0.2, 0.25) is 0 Å². The number of nitrogens with zero attached hydrogens (tertiary/aromatic N) is 2. The van der Waals surface area contributed by atoms with Crippen LogP contribution < -0.4 is 5.73 Å². The van der Waals surface area contributed by atoms with Crippen LogP contribution in [0.2, 0.25) is 0 Å². The maximum atomic E-state index is 5.93. The lowest BCUT2D eigenvalue weighted by Crippen LogP contribution is -2.52. The third kappa shape index (κ3) is 3.91. The maximum absolute atomic E-state index is 5.93. The molecule has 0 radical (unpaired) electrons. The van der Waals surface area contributed by atoms with Crippen molar-refractivity contribution in [2.45, 2.75) is 45.8 Å². The molecule has 0 amide bonds. The minimum atomic E-state index is 0.0588. The van der Waals surface area contributed by atoms with Gasteiger partial charge in [0, 0.05) is 31.1 Å². The van der Waals surface area contributed by atoms with E-state index in [2.05, 4.69) is 30.6 Å². The number of thiocarbonyl (C=S) groups is 1. The van der Waals surface area contributed by atoms with Crippen LogP contribution in [0, 0.1) is 5.41 Å². The summed E-state index contributed by atoms with van der Waals surface area (Å²) in [7, 11) is 0. The summed E-state index contributed by atoms with van der Waals surface area (Å²) >= 11 is 5.20. The van der Waals surface area contributed by atoms with E-state index in [4.69, 9.17) is 22.7 Å². The van der Waals surface area contributed by atoms with Crippen LogP contribution in [-0.4, -0.2) is 66.3 Å². The lowest BCUT2D eigenvalue weighted by molar-refractivity contribution is -0.0558. The van der Waals surface area contributed by atoms with Crippen molar-refractivity contribution in [2.24, 2.45) is 11.1 Å². The van der Waals surface area contributed by atoms with E-state index in [1.54, 1.807) is 0 Å². The normalized spacial score (nSPS) is 28.7. The molecule has 0 bridgehead atoms. The average molecular weight is 299 g/mol. The van der Waals surface area contributed by atoms with E-state index >= 15 is 0 Å². The summed E-state index contributed by atoms with van der Waals surface area (Å²) in [4.78, 5) is 5.70. The second kappa shape index (κ2) is 6.69. The summed E-state index contributed by atoms with van der Waals surface area (Å²) in [6.45, 7) is 12.9. The first-order chi connectivity index (χ1) is 9.40. The van der Waals surface area contributed by atoms with Crippen molar-refractivity contribution in [3.63, 3.8) is 0 Å². The van der Waals surface area contributed by atoms with E-state index in [0.717, 1.165) is 52.2 Å². The van der Waals surface area contributed by atoms with Crippen LogP contribution in [-0.2, 0) is 4.74 Å². The summed E-state index contributed by atoms with van der Waals surface area (Å²) in [5.41, 5.74) is 5.92. The van der Waals surface area contributed by atoms with Crippen molar-refractivity contribution in [1.29, 1.82) is 0 Å². The van der Waals surface area contributed by atoms with E-state index in [1.807, 2.05) is 0 Å². The van der Waals surface area contributed by atoms with Crippen LogP contribution in [0.5, 0.6) is 0 Å². The summed E-state index contributed by atoms with van der Waals surface area (Å²) in [6, 6.07) is 0.612. The molecule has 1 atom stereocenters. The van der Waals surface area contributed by atoms with Gasteiger partial charge < -0.3 is 15.4 Å². The number of likely N-dealkylation sites (tertiary alicyclic amines) is 1. The summed E-state index contributed by atoms with van der Waals surface area (Å²) in [5.74, 6) is 0. The van der Waals surface area contributed by atoms with Crippen LogP contribution >= 0.6 is 12.2 Å². The van der Waals surface area contributed by atoms with Gasteiger partial charge in [-0.05, 0) is 39.8 Å². The molecule has 2 heterocycles. The number of nitrogens with two attached hydrogens (primary N) is 1. The number of hydrogen-bond acceptors (Lipinski definition) is 4. The molecule has 0 aliphatic carbocycles. The maximum Gasteiger partial charge on any atom is 0.0829 e. The van der Waals surface area contributed by atoms with Gasteiger partial charge in [-0.2, -0.15) is 0 Å².